The molecule has 0 fully saturated rings. The molecule has 0 saturated heterocycles. The largest absolute Gasteiger partial charge is 0.497 e. The number of carbonyl (C=O) groups excluding carboxylic acids is 1. The van der Waals surface area contributed by atoms with Gasteiger partial charge in [0.25, 0.3) is 0 Å². The van der Waals surface area contributed by atoms with E-state index in [-0.39, 0.29) is 5.78 Å². The maximum Gasteiger partial charge on any atom is 0.176 e. The maximum atomic E-state index is 11.9. The molecule has 112 valence electrons. The van der Waals surface area contributed by atoms with Gasteiger partial charge in [-0.15, -0.1) is 0 Å². The Kier molecular flexibility index (Phi) is 8.67. The van der Waals surface area contributed by atoms with Crippen LogP contribution in [0.2, 0.25) is 0 Å². The van der Waals surface area contributed by atoms with Gasteiger partial charge in [-0.25, -0.2) is 0 Å². The van der Waals surface area contributed by atoms with Crippen molar-refractivity contribution in [1.29, 1.82) is 0 Å². The zero-order chi connectivity index (χ0) is 14.6. The van der Waals surface area contributed by atoms with E-state index in [0.29, 0.717) is 17.9 Å². The van der Waals surface area contributed by atoms with Crippen molar-refractivity contribution in [3.8, 4) is 5.75 Å². The molecule has 4 heteroatoms. The molecule has 0 aliphatic heterocycles. The van der Waals surface area contributed by atoms with Crippen LogP contribution < -0.4 is 10.1 Å². The van der Waals surface area contributed by atoms with Gasteiger partial charge < -0.3 is 14.8 Å². The molecule has 0 radical (unpaired) electrons. The SMILES string of the molecule is CCCCOCCCNCC(=O)c1cccc(OC)c1. The first kappa shape index (κ1) is 16.7. The molecule has 4 nitrogen and oxygen atoms in total. The van der Waals surface area contributed by atoms with Crippen LogP contribution in [0, 0.1) is 0 Å². The smallest absolute Gasteiger partial charge is 0.176 e. The molecule has 0 aromatic heterocycles. The highest BCUT2D eigenvalue weighted by Crippen LogP contribution is 2.12. The van der Waals surface area contributed by atoms with E-state index in [0.717, 1.165) is 39.0 Å². The van der Waals surface area contributed by atoms with E-state index in [4.69, 9.17) is 9.47 Å². The van der Waals surface area contributed by atoms with Gasteiger partial charge in [0.15, 0.2) is 5.78 Å². The Hall–Kier alpha value is -1.39. The van der Waals surface area contributed by atoms with Gasteiger partial charge in [-0.3, -0.25) is 4.79 Å². The third kappa shape index (κ3) is 6.68. The number of unbranched alkanes of at least 4 members (excludes halogenated alkanes) is 1. The fourth-order valence-corrected chi connectivity index (χ4v) is 1.75. The Labute approximate surface area is 121 Å². The fraction of sp³-hybridized carbons (Fsp3) is 0.562. The lowest BCUT2D eigenvalue weighted by atomic mass is 10.1. The minimum atomic E-state index is 0.0794. The molecular weight excluding hydrogens is 254 g/mol. The molecule has 20 heavy (non-hydrogen) atoms. The van der Waals surface area contributed by atoms with Crippen LogP contribution >= 0.6 is 0 Å². The van der Waals surface area contributed by atoms with Crippen molar-refractivity contribution in [3.63, 3.8) is 0 Å². The molecule has 1 rings (SSSR count). The molecule has 0 aliphatic rings. The number of nitrogens with one attached hydrogen (secondary N) is 1. The van der Waals surface area contributed by atoms with Gasteiger partial charge in [0, 0.05) is 18.8 Å². The van der Waals surface area contributed by atoms with Crippen molar-refractivity contribution in [2.24, 2.45) is 0 Å². The van der Waals surface area contributed by atoms with Gasteiger partial charge in [-0.2, -0.15) is 0 Å². The highest BCUT2D eigenvalue weighted by molar-refractivity contribution is 5.97. The summed E-state index contributed by atoms with van der Waals surface area (Å²) in [6.07, 6.45) is 3.20. The molecule has 0 amide bonds. The van der Waals surface area contributed by atoms with Gasteiger partial charge >= 0.3 is 0 Å². The zero-order valence-corrected chi connectivity index (χ0v) is 12.5. The molecule has 0 spiro atoms. The maximum absolute atomic E-state index is 11.9. The summed E-state index contributed by atoms with van der Waals surface area (Å²) in [4.78, 5) is 11.9. The molecule has 0 bridgehead atoms. The number of ether oxygens (including phenoxy) is 2. The molecule has 0 aliphatic carbocycles. The third-order valence-corrected chi connectivity index (χ3v) is 2.96. The van der Waals surface area contributed by atoms with E-state index in [1.165, 1.54) is 0 Å². The van der Waals surface area contributed by atoms with Gasteiger partial charge in [-0.05, 0) is 31.5 Å². The van der Waals surface area contributed by atoms with Crippen LogP contribution in [0.15, 0.2) is 24.3 Å². The van der Waals surface area contributed by atoms with Crippen LogP contribution in [0.3, 0.4) is 0 Å². The molecule has 0 heterocycles. The first-order valence-electron chi connectivity index (χ1n) is 7.23. The summed E-state index contributed by atoms with van der Waals surface area (Å²) >= 11 is 0. The van der Waals surface area contributed by atoms with Crippen molar-refractivity contribution in [3.05, 3.63) is 29.8 Å². The standard InChI is InChI=1S/C16H25NO3/c1-3-4-10-20-11-6-9-17-13-16(18)14-7-5-8-15(12-14)19-2/h5,7-8,12,17H,3-4,6,9-11,13H2,1-2H3. The van der Waals surface area contributed by atoms with Crippen molar-refractivity contribution < 1.29 is 14.3 Å². The summed E-state index contributed by atoms with van der Waals surface area (Å²) in [6, 6.07) is 7.23. The highest BCUT2D eigenvalue weighted by Gasteiger charge is 2.05. The number of Topliss-reactive ketones (excluding diaryl/α,β-unsaturated/α-hetero) is 1. The van der Waals surface area contributed by atoms with Crippen LogP contribution in [0.5, 0.6) is 5.75 Å². The quantitative estimate of drug-likeness (QED) is 0.500. The lowest BCUT2D eigenvalue weighted by Crippen LogP contribution is -2.24. The number of ketones is 1. The second-order valence-electron chi connectivity index (χ2n) is 4.65. The van der Waals surface area contributed by atoms with Gasteiger partial charge in [-0.1, -0.05) is 25.5 Å². The average molecular weight is 279 g/mol. The number of carbonyl (C=O) groups is 1. The number of benzene rings is 1. The van der Waals surface area contributed by atoms with Crippen LogP contribution in [-0.4, -0.2) is 39.2 Å². The summed E-state index contributed by atoms with van der Waals surface area (Å²) in [5.74, 6) is 0.788. The molecule has 0 saturated carbocycles. The Balaban J connectivity index is 2.13. The van der Waals surface area contributed by atoms with Gasteiger partial charge in [0.1, 0.15) is 5.75 Å². The molecule has 1 N–H and O–H groups in total. The average Bonchev–Trinajstić information content (AvgIpc) is 2.49. The summed E-state index contributed by atoms with van der Waals surface area (Å²) in [6.45, 7) is 4.87. The Bertz CT molecular complexity index is 393. The monoisotopic (exact) mass is 279 g/mol. The van der Waals surface area contributed by atoms with Crippen LogP contribution in [0.25, 0.3) is 0 Å². The predicted octanol–water partition coefficient (Wildman–Crippen LogP) is 2.67. The normalized spacial score (nSPS) is 10.5. The van der Waals surface area contributed by atoms with E-state index >= 15 is 0 Å². The Morgan fingerprint density at radius 1 is 1.25 bits per heavy atom. The molecule has 1 aromatic carbocycles. The highest BCUT2D eigenvalue weighted by atomic mass is 16.5. The second kappa shape index (κ2) is 10.4. The van der Waals surface area contributed by atoms with Crippen molar-refractivity contribution in [2.75, 3.05) is 33.4 Å². The van der Waals surface area contributed by atoms with E-state index in [2.05, 4.69) is 12.2 Å². The molecule has 0 atom stereocenters. The lowest BCUT2D eigenvalue weighted by molar-refractivity contribution is 0.0986. The Morgan fingerprint density at radius 3 is 2.80 bits per heavy atom. The van der Waals surface area contributed by atoms with Crippen LogP contribution in [-0.2, 0) is 4.74 Å². The minimum Gasteiger partial charge on any atom is -0.497 e. The van der Waals surface area contributed by atoms with Crippen LogP contribution in [0.4, 0.5) is 0 Å². The third-order valence-electron chi connectivity index (χ3n) is 2.96. The van der Waals surface area contributed by atoms with E-state index in [9.17, 15) is 4.79 Å². The molecule has 0 unspecified atom stereocenters. The van der Waals surface area contributed by atoms with Crippen molar-refractivity contribution in [1.82, 2.24) is 5.32 Å². The molecule has 1 aromatic rings. The summed E-state index contributed by atoms with van der Waals surface area (Å²) < 4.78 is 10.6. The predicted molar refractivity (Wildman–Crippen MR) is 80.5 cm³/mol. The Morgan fingerprint density at radius 2 is 2.05 bits per heavy atom. The first-order valence-corrected chi connectivity index (χ1v) is 7.23. The second-order valence-corrected chi connectivity index (χ2v) is 4.65. The zero-order valence-electron chi connectivity index (χ0n) is 12.5. The van der Waals surface area contributed by atoms with Crippen molar-refractivity contribution in [2.45, 2.75) is 26.2 Å². The van der Waals surface area contributed by atoms with Crippen LogP contribution in [0.1, 0.15) is 36.5 Å². The van der Waals surface area contributed by atoms with E-state index < -0.39 is 0 Å². The number of rotatable bonds is 11. The van der Waals surface area contributed by atoms with E-state index in [1.807, 2.05) is 12.1 Å². The molecular formula is C16H25NO3. The summed E-state index contributed by atoms with van der Waals surface area (Å²) in [5, 5.41) is 3.14. The lowest BCUT2D eigenvalue weighted by Gasteiger charge is -2.06. The fourth-order valence-electron chi connectivity index (χ4n) is 1.75. The summed E-state index contributed by atoms with van der Waals surface area (Å²) in [7, 11) is 1.60. The number of hydrogen-bond acceptors (Lipinski definition) is 4. The number of hydrogen-bond donors (Lipinski definition) is 1. The van der Waals surface area contributed by atoms with Crippen molar-refractivity contribution >= 4 is 5.78 Å². The number of methoxy groups -OCH3 is 1. The summed E-state index contributed by atoms with van der Waals surface area (Å²) in [5.41, 5.74) is 0.677. The van der Waals surface area contributed by atoms with Gasteiger partial charge in [0.05, 0.1) is 13.7 Å². The topological polar surface area (TPSA) is 47.6 Å². The first-order chi connectivity index (χ1) is 9.77. The van der Waals surface area contributed by atoms with E-state index in [1.54, 1.807) is 19.2 Å². The minimum absolute atomic E-state index is 0.0794. The van der Waals surface area contributed by atoms with Gasteiger partial charge in [0.2, 0.25) is 0 Å².